The van der Waals surface area contributed by atoms with Crippen LogP contribution in [0.1, 0.15) is 36.1 Å². The molecule has 1 aromatic heterocycles. The summed E-state index contributed by atoms with van der Waals surface area (Å²) in [6, 6.07) is 6.05. The number of carboxylic acids is 1. The van der Waals surface area contributed by atoms with E-state index in [4.69, 9.17) is 4.74 Å². The van der Waals surface area contributed by atoms with Crippen LogP contribution in [0.4, 0.5) is 0 Å². The van der Waals surface area contributed by atoms with Crippen molar-refractivity contribution >= 4 is 16.9 Å². The van der Waals surface area contributed by atoms with Gasteiger partial charge >= 0.3 is 5.97 Å². The Bertz CT molecular complexity index is 697. The van der Waals surface area contributed by atoms with Crippen LogP contribution in [0.3, 0.4) is 0 Å². The predicted octanol–water partition coefficient (Wildman–Crippen LogP) is 2.75. The Labute approximate surface area is 116 Å². The van der Waals surface area contributed by atoms with E-state index in [-0.39, 0.29) is 0 Å². The number of hydrogen-bond acceptors (Lipinski definition) is 2. The zero-order valence-corrected chi connectivity index (χ0v) is 11.2. The van der Waals surface area contributed by atoms with Crippen LogP contribution in [-0.2, 0) is 28.0 Å². The van der Waals surface area contributed by atoms with Crippen molar-refractivity contribution in [2.45, 2.75) is 37.7 Å². The SMILES string of the molecule is O=C(O)C1(c2ccc3[nH]c4c(c3c2)COCC4)CCC1. The lowest BCUT2D eigenvalue weighted by Gasteiger charge is -2.38. The lowest BCUT2D eigenvalue weighted by molar-refractivity contribution is -0.147. The first-order chi connectivity index (χ1) is 9.71. The van der Waals surface area contributed by atoms with Gasteiger partial charge in [0, 0.05) is 28.6 Å². The van der Waals surface area contributed by atoms with Crippen LogP contribution in [0, 0.1) is 0 Å². The highest BCUT2D eigenvalue weighted by atomic mass is 16.5. The van der Waals surface area contributed by atoms with E-state index in [9.17, 15) is 9.90 Å². The summed E-state index contributed by atoms with van der Waals surface area (Å²) in [5.74, 6) is -0.691. The normalized spacial score (nSPS) is 20.4. The molecule has 1 aliphatic heterocycles. The van der Waals surface area contributed by atoms with Crippen LogP contribution in [0.25, 0.3) is 10.9 Å². The molecule has 4 rings (SSSR count). The molecular formula is C16H17NO3. The minimum Gasteiger partial charge on any atom is -0.481 e. The molecule has 1 saturated carbocycles. The number of hydrogen-bond donors (Lipinski definition) is 2. The first kappa shape index (κ1) is 12.0. The molecular weight excluding hydrogens is 254 g/mol. The highest BCUT2D eigenvalue weighted by molar-refractivity contribution is 5.89. The number of aromatic amines is 1. The molecule has 2 aromatic rings. The van der Waals surface area contributed by atoms with Gasteiger partial charge in [0.15, 0.2) is 0 Å². The number of fused-ring (bicyclic) bond motifs is 3. The number of nitrogens with one attached hydrogen (secondary N) is 1. The van der Waals surface area contributed by atoms with Gasteiger partial charge in [0.25, 0.3) is 0 Å². The Hall–Kier alpha value is -1.81. The van der Waals surface area contributed by atoms with Crippen LogP contribution in [-0.4, -0.2) is 22.7 Å². The molecule has 20 heavy (non-hydrogen) atoms. The van der Waals surface area contributed by atoms with E-state index in [2.05, 4.69) is 11.1 Å². The maximum Gasteiger partial charge on any atom is 0.314 e. The van der Waals surface area contributed by atoms with Gasteiger partial charge < -0.3 is 14.8 Å². The molecule has 0 bridgehead atoms. The maximum atomic E-state index is 11.6. The fourth-order valence-electron chi connectivity index (χ4n) is 3.48. The van der Waals surface area contributed by atoms with Crippen molar-refractivity contribution in [3.8, 4) is 0 Å². The Morgan fingerprint density at radius 3 is 2.90 bits per heavy atom. The molecule has 4 nitrogen and oxygen atoms in total. The molecule has 0 atom stereocenters. The van der Waals surface area contributed by atoms with Gasteiger partial charge in [-0.1, -0.05) is 12.5 Å². The van der Waals surface area contributed by atoms with Crippen molar-refractivity contribution in [3.05, 3.63) is 35.0 Å². The van der Waals surface area contributed by atoms with Gasteiger partial charge in [0.2, 0.25) is 0 Å². The lowest BCUT2D eigenvalue weighted by Crippen LogP contribution is -2.42. The number of aliphatic carboxylic acids is 1. The molecule has 2 heterocycles. The molecule has 2 aliphatic rings. The Morgan fingerprint density at radius 2 is 2.20 bits per heavy atom. The third kappa shape index (κ3) is 1.48. The minimum absolute atomic E-state index is 0.624. The molecule has 1 aromatic carbocycles. The van der Waals surface area contributed by atoms with Crippen LogP contribution in [0.5, 0.6) is 0 Å². The minimum atomic E-state index is -0.691. The summed E-state index contributed by atoms with van der Waals surface area (Å²) in [7, 11) is 0. The standard InChI is InChI=1S/C16H17NO3/c18-15(19)16(5-1-6-16)10-2-3-13-11(8-10)12-9-20-7-4-14(12)17-13/h2-3,8,17H,1,4-7,9H2,(H,18,19). The second-order valence-corrected chi connectivity index (χ2v) is 5.89. The highest BCUT2D eigenvalue weighted by Crippen LogP contribution is 2.45. The molecule has 0 amide bonds. The number of carbonyl (C=O) groups is 1. The molecule has 104 valence electrons. The Balaban J connectivity index is 1.88. The van der Waals surface area contributed by atoms with Crippen LogP contribution >= 0.6 is 0 Å². The number of H-pyrrole nitrogens is 1. The molecule has 0 radical (unpaired) electrons. The summed E-state index contributed by atoms with van der Waals surface area (Å²) in [6.07, 6.45) is 3.40. The molecule has 1 aliphatic carbocycles. The van der Waals surface area contributed by atoms with Crippen molar-refractivity contribution in [1.29, 1.82) is 0 Å². The van der Waals surface area contributed by atoms with E-state index < -0.39 is 11.4 Å². The summed E-state index contributed by atoms with van der Waals surface area (Å²) in [6.45, 7) is 1.38. The summed E-state index contributed by atoms with van der Waals surface area (Å²) in [5.41, 5.74) is 3.81. The lowest BCUT2D eigenvalue weighted by atomic mass is 9.64. The van der Waals surface area contributed by atoms with Crippen molar-refractivity contribution in [3.63, 3.8) is 0 Å². The molecule has 2 N–H and O–H groups in total. The van der Waals surface area contributed by atoms with Gasteiger partial charge in [-0.2, -0.15) is 0 Å². The van der Waals surface area contributed by atoms with Crippen molar-refractivity contribution in [2.24, 2.45) is 0 Å². The van der Waals surface area contributed by atoms with E-state index >= 15 is 0 Å². The first-order valence-corrected chi connectivity index (χ1v) is 7.16. The van der Waals surface area contributed by atoms with Crippen LogP contribution < -0.4 is 0 Å². The van der Waals surface area contributed by atoms with Gasteiger partial charge in [-0.15, -0.1) is 0 Å². The van der Waals surface area contributed by atoms with E-state index in [0.29, 0.717) is 6.61 Å². The Morgan fingerprint density at radius 1 is 1.35 bits per heavy atom. The second kappa shape index (κ2) is 4.09. The quantitative estimate of drug-likeness (QED) is 0.882. The van der Waals surface area contributed by atoms with Crippen molar-refractivity contribution in [1.82, 2.24) is 4.98 Å². The average Bonchev–Trinajstić information content (AvgIpc) is 2.75. The summed E-state index contributed by atoms with van der Waals surface area (Å²) >= 11 is 0. The summed E-state index contributed by atoms with van der Waals surface area (Å²) in [4.78, 5) is 15.1. The topological polar surface area (TPSA) is 62.3 Å². The van der Waals surface area contributed by atoms with Crippen molar-refractivity contribution < 1.29 is 14.6 Å². The highest BCUT2D eigenvalue weighted by Gasteiger charge is 2.46. The molecule has 1 fully saturated rings. The van der Waals surface area contributed by atoms with Crippen LogP contribution in [0.2, 0.25) is 0 Å². The smallest absolute Gasteiger partial charge is 0.314 e. The van der Waals surface area contributed by atoms with E-state index in [1.54, 1.807) is 0 Å². The third-order valence-electron chi connectivity index (χ3n) is 4.91. The first-order valence-electron chi connectivity index (χ1n) is 7.16. The van der Waals surface area contributed by atoms with E-state index in [1.807, 2.05) is 12.1 Å². The van der Waals surface area contributed by atoms with Gasteiger partial charge in [-0.3, -0.25) is 4.79 Å². The number of benzene rings is 1. The van der Waals surface area contributed by atoms with Crippen LogP contribution in [0.15, 0.2) is 18.2 Å². The monoisotopic (exact) mass is 271 g/mol. The molecule has 0 spiro atoms. The summed E-state index contributed by atoms with van der Waals surface area (Å²) < 4.78 is 5.54. The average molecular weight is 271 g/mol. The summed E-state index contributed by atoms with van der Waals surface area (Å²) in [5, 5.41) is 10.7. The maximum absolute atomic E-state index is 11.6. The largest absolute Gasteiger partial charge is 0.481 e. The van der Waals surface area contributed by atoms with Crippen molar-refractivity contribution in [2.75, 3.05) is 6.61 Å². The number of carboxylic acid groups (broad SMARTS) is 1. The zero-order chi connectivity index (χ0) is 13.7. The number of rotatable bonds is 2. The third-order valence-corrected chi connectivity index (χ3v) is 4.91. The van der Waals surface area contributed by atoms with E-state index in [0.717, 1.165) is 48.8 Å². The van der Waals surface area contributed by atoms with Gasteiger partial charge in [0.1, 0.15) is 0 Å². The molecule has 4 heteroatoms. The number of ether oxygens (including phenoxy) is 1. The molecule has 0 saturated heterocycles. The Kier molecular flexibility index (Phi) is 2.45. The fraction of sp³-hybridized carbons (Fsp3) is 0.438. The number of aromatic nitrogens is 1. The predicted molar refractivity (Wildman–Crippen MR) is 74.8 cm³/mol. The van der Waals surface area contributed by atoms with Gasteiger partial charge in [-0.05, 0) is 30.5 Å². The van der Waals surface area contributed by atoms with E-state index in [1.165, 1.54) is 11.3 Å². The molecule has 0 unspecified atom stereocenters. The van der Waals surface area contributed by atoms with Gasteiger partial charge in [-0.25, -0.2) is 0 Å². The second-order valence-electron chi connectivity index (χ2n) is 5.89. The van der Waals surface area contributed by atoms with Gasteiger partial charge in [0.05, 0.1) is 18.6 Å². The fourth-order valence-corrected chi connectivity index (χ4v) is 3.48. The zero-order valence-electron chi connectivity index (χ0n) is 11.2.